The van der Waals surface area contributed by atoms with Gasteiger partial charge in [0.25, 0.3) is 0 Å². The highest BCUT2D eigenvalue weighted by molar-refractivity contribution is 4.91. The van der Waals surface area contributed by atoms with Gasteiger partial charge in [0.2, 0.25) is 0 Å². The molecule has 0 aromatic carbocycles. The van der Waals surface area contributed by atoms with Gasteiger partial charge in [-0.3, -0.25) is 0 Å². The Morgan fingerprint density at radius 2 is 2.23 bits per heavy atom. The lowest BCUT2D eigenvalue weighted by molar-refractivity contribution is 0.309. The van der Waals surface area contributed by atoms with Crippen LogP contribution in [-0.2, 0) is 0 Å². The molecular weight excluding hydrogens is 160 g/mol. The fraction of sp³-hybridized carbons (Fsp3) is 1.00. The van der Waals surface area contributed by atoms with E-state index in [-0.39, 0.29) is 0 Å². The Balaban J connectivity index is 1.71. The van der Waals surface area contributed by atoms with Gasteiger partial charge in [0, 0.05) is 12.6 Å². The van der Waals surface area contributed by atoms with E-state index in [1.807, 2.05) is 0 Å². The molecule has 3 unspecified atom stereocenters. The predicted molar refractivity (Wildman–Crippen MR) is 55.5 cm³/mol. The molecule has 2 bridgehead atoms. The van der Waals surface area contributed by atoms with Crippen LogP contribution in [0.4, 0.5) is 0 Å². The second-order valence-corrected chi connectivity index (χ2v) is 4.98. The minimum atomic E-state index is 0.499. The van der Waals surface area contributed by atoms with Gasteiger partial charge in [-0.05, 0) is 50.5 Å². The zero-order valence-corrected chi connectivity index (χ0v) is 8.63. The topological polar surface area (TPSA) is 38.0 Å². The molecule has 2 aliphatic rings. The summed E-state index contributed by atoms with van der Waals surface area (Å²) in [6, 6.07) is 0.499. The van der Waals surface area contributed by atoms with Crippen molar-refractivity contribution in [2.45, 2.75) is 38.6 Å². The van der Waals surface area contributed by atoms with Gasteiger partial charge in [0.1, 0.15) is 0 Å². The van der Waals surface area contributed by atoms with E-state index >= 15 is 0 Å². The highest BCUT2D eigenvalue weighted by Crippen LogP contribution is 2.47. The minimum absolute atomic E-state index is 0.499. The Labute approximate surface area is 81.3 Å². The molecule has 76 valence electrons. The number of hydrogen-bond acceptors (Lipinski definition) is 2. The number of rotatable bonds is 4. The van der Waals surface area contributed by atoms with Crippen molar-refractivity contribution in [1.82, 2.24) is 5.32 Å². The van der Waals surface area contributed by atoms with Crippen LogP contribution in [0.15, 0.2) is 0 Å². The van der Waals surface area contributed by atoms with Crippen molar-refractivity contribution >= 4 is 0 Å². The lowest BCUT2D eigenvalue weighted by Crippen LogP contribution is -2.37. The molecule has 0 spiro atoms. The van der Waals surface area contributed by atoms with Crippen molar-refractivity contribution in [2.75, 3.05) is 13.1 Å². The third-order valence-corrected chi connectivity index (χ3v) is 3.97. The van der Waals surface area contributed by atoms with Gasteiger partial charge in [0.05, 0.1) is 0 Å². The molecule has 13 heavy (non-hydrogen) atoms. The van der Waals surface area contributed by atoms with E-state index in [2.05, 4.69) is 12.2 Å². The summed E-state index contributed by atoms with van der Waals surface area (Å²) in [5.41, 5.74) is 5.57. The SMILES string of the molecule is C[C@@H](CN)NCC1CC2CCC1C2. The monoisotopic (exact) mass is 182 g/mol. The average molecular weight is 182 g/mol. The van der Waals surface area contributed by atoms with Crippen LogP contribution >= 0.6 is 0 Å². The molecule has 4 atom stereocenters. The zero-order chi connectivity index (χ0) is 9.26. The third-order valence-electron chi connectivity index (χ3n) is 3.97. The molecule has 2 saturated carbocycles. The first kappa shape index (κ1) is 9.47. The van der Waals surface area contributed by atoms with E-state index in [1.165, 1.54) is 32.2 Å². The van der Waals surface area contributed by atoms with Crippen molar-refractivity contribution in [3.63, 3.8) is 0 Å². The molecule has 0 aromatic heterocycles. The molecule has 0 aliphatic heterocycles. The summed E-state index contributed by atoms with van der Waals surface area (Å²) >= 11 is 0. The first-order valence-electron chi connectivity index (χ1n) is 5.73. The molecule has 2 nitrogen and oxygen atoms in total. The van der Waals surface area contributed by atoms with Crippen LogP contribution in [-0.4, -0.2) is 19.1 Å². The van der Waals surface area contributed by atoms with Crippen LogP contribution in [0, 0.1) is 17.8 Å². The van der Waals surface area contributed by atoms with Crippen LogP contribution in [0.3, 0.4) is 0 Å². The van der Waals surface area contributed by atoms with Crippen LogP contribution in [0.2, 0.25) is 0 Å². The fourth-order valence-electron chi connectivity index (χ4n) is 3.06. The van der Waals surface area contributed by atoms with Gasteiger partial charge in [-0.2, -0.15) is 0 Å². The quantitative estimate of drug-likeness (QED) is 0.689. The predicted octanol–water partition coefficient (Wildman–Crippen LogP) is 1.36. The molecule has 2 aliphatic carbocycles. The third kappa shape index (κ3) is 2.05. The van der Waals surface area contributed by atoms with Crippen LogP contribution in [0.5, 0.6) is 0 Å². The van der Waals surface area contributed by atoms with E-state index in [9.17, 15) is 0 Å². The highest BCUT2D eigenvalue weighted by Gasteiger charge is 2.38. The molecule has 2 heteroatoms. The summed E-state index contributed by atoms with van der Waals surface area (Å²) in [6.45, 7) is 4.15. The second kappa shape index (κ2) is 3.97. The Morgan fingerprint density at radius 3 is 2.77 bits per heavy atom. The Bertz CT molecular complexity index is 169. The summed E-state index contributed by atoms with van der Waals surface area (Å²) in [5.74, 6) is 3.08. The lowest BCUT2D eigenvalue weighted by atomic mass is 9.89. The first-order chi connectivity index (χ1) is 6.29. The summed E-state index contributed by atoms with van der Waals surface area (Å²) in [7, 11) is 0. The maximum absolute atomic E-state index is 5.57. The van der Waals surface area contributed by atoms with E-state index in [4.69, 9.17) is 5.73 Å². The van der Waals surface area contributed by atoms with Crippen molar-refractivity contribution in [2.24, 2.45) is 23.5 Å². The average Bonchev–Trinajstić information content (AvgIpc) is 2.74. The second-order valence-electron chi connectivity index (χ2n) is 4.98. The van der Waals surface area contributed by atoms with Crippen LogP contribution in [0.25, 0.3) is 0 Å². The van der Waals surface area contributed by atoms with Crippen LogP contribution in [0.1, 0.15) is 32.6 Å². The summed E-state index contributed by atoms with van der Waals surface area (Å²) in [6.07, 6.45) is 6.00. The van der Waals surface area contributed by atoms with Gasteiger partial charge in [-0.25, -0.2) is 0 Å². The molecule has 0 amide bonds. The van der Waals surface area contributed by atoms with Crippen LogP contribution < -0.4 is 11.1 Å². The molecule has 2 rings (SSSR count). The molecule has 3 N–H and O–H groups in total. The van der Waals surface area contributed by atoms with Gasteiger partial charge >= 0.3 is 0 Å². The van der Waals surface area contributed by atoms with E-state index in [0.717, 1.165) is 24.3 Å². The minimum Gasteiger partial charge on any atom is -0.329 e. The summed E-state index contributed by atoms with van der Waals surface area (Å²) < 4.78 is 0. The van der Waals surface area contributed by atoms with Crippen molar-refractivity contribution in [3.8, 4) is 0 Å². The van der Waals surface area contributed by atoms with Crippen molar-refractivity contribution in [3.05, 3.63) is 0 Å². The standard InChI is InChI=1S/C11H22N2/c1-8(6-12)13-7-11-5-9-2-3-10(11)4-9/h8-11,13H,2-7,12H2,1H3/t8-,9?,10?,11?/m0/s1. The van der Waals surface area contributed by atoms with Gasteiger partial charge in [-0.15, -0.1) is 0 Å². The zero-order valence-electron chi connectivity index (χ0n) is 8.63. The molecule has 0 heterocycles. The molecule has 0 radical (unpaired) electrons. The first-order valence-corrected chi connectivity index (χ1v) is 5.73. The molecule has 2 fully saturated rings. The van der Waals surface area contributed by atoms with Crippen molar-refractivity contribution < 1.29 is 0 Å². The number of nitrogens with one attached hydrogen (secondary N) is 1. The molecule has 0 saturated heterocycles. The number of fused-ring (bicyclic) bond motifs is 2. The Morgan fingerprint density at radius 1 is 1.38 bits per heavy atom. The van der Waals surface area contributed by atoms with E-state index in [0.29, 0.717) is 6.04 Å². The summed E-state index contributed by atoms with van der Waals surface area (Å²) in [4.78, 5) is 0. The highest BCUT2D eigenvalue weighted by atomic mass is 14.9. The normalized spacial score (nSPS) is 39.7. The van der Waals surface area contributed by atoms with Crippen molar-refractivity contribution in [1.29, 1.82) is 0 Å². The lowest BCUT2D eigenvalue weighted by Gasteiger charge is -2.23. The van der Waals surface area contributed by atoms with Gasteiger partial charge in [-0.1, -0.05) is 6.42 Å². The smallest absolute Gasteiger partial charge is 0.0162 e. The Hall–Kier alpha value is -0.0800. The van der Waals surface area contributed by atoms with Gasteiger partial charge < -0.3 is 11.1 Å². The number of hydrogen-bond donors (Lipinski definition) is 2. The van der Waals surface area contributed by atoms with Gasteiger partial charge in [0.15, 0.2) is 0 Å². The number of nitrogens with two attached hydrogens (primary N) is 1. The molecular formula is C11H22N2. The maximum atomic E-state index is 5.57. The van der Waals surface area contributed by atoms with E-state index < -0.39 is 0 Å². The van der Waals surface area contributed by atoms with E-state index in [1.54, 1.807) is 0 Å². The molecule has 0 aromatic rings. The maximum Gasteiger partial charge on any atom is 0.0162 e. The largest absolute Gasteiger partial charge is 0.329 e. The summed E-state index contributed by atoms with van der Waals surface area (Å²) in [5, 5.41) is 3.53. The Kier molecular flexibility index (Phi) is 2.89. The fourth-order valence-corrected chi connectivity index (χ4v) is 3.06.